The summed E-state index contributed by atoms with van der Waals surface area (Å²) in [6.45, 7) is 1.93. The van der Waals surface area contributed by atoms with Gasteiger partial charge in [0, 0.05) is 37.3 Å². The second kappa shape index (κ2) is 15.0. The normalized spacial score (nSPS) is 18.6. The van der Waals surface area contributed by atoms with Crippen LogP contribution < -0.4 is 14.8 Å². The summed E-state index contributed by atoms with van der Waals surface area (Å²) >= 11 is 2.00. The highest BCUT2D eigenvalue weighted by Crippen LogP contribution is 2.37. The number of aliphatic hydroxyl groups excluding tert-OH is 2. The molecule has 210 valence electrons. The zero-order valence-electron chi connectivity index (χ0n) is 21.8. The van der Waals surface area contributed by atoms with Gasteiger partial charge in [-0.3, -0.25) is 14.4 Å². The Bertz CT molecular complexity index is 1170. The number of methoxy groups -OCH3 is 1. The van der Waals surface area contributed by atoms with Gasteiger partial charge in [0.25, 0.3) is 0 Å². The monoisotopic (exact) mass is 652 g/mol. The quantitative estimate of drug-likeness (QED) is 0.221. The van der Waals surface area contributed by atoms with Crippen molar-refractivity contribution in [3.63, 3.8) is 0 Å². The number of halogens is 1. The van der Waals surface area contributed by atoms with Crippen LogP contribution in [-0.2, 0) is 20.9 Å². The molecule has 11 heteroatoms. The van der Waals surface area contributed by atoms with Crippen molar-refractivity contribution in [3.8, 4) is 11.5 Å². The third-order valence-electron chi connectivity index (χ3n) is 6.20. The molecular formula is C28H33IN2O8. The van der Waals surface area contributed by atoms with E-state index in [1.807, 2.05) is 52.9 Å². The molecule has 3 rings (SSSR count). The number of hydrogen-bond donors (Lipinski definition) is 3. The lowest BCUT2D eigenvalue weighted by Crippen LogP contribution is -2.55. The van der Waals surface area contributed by atoms with Crippen LogP contribution in [0.2, 0.25) is 0 Å². The number of ether oxygens (including phenoxy) is 3. The fraction of sp³-hybridized carbons (Fsp3) is 0.393. The minimum absolute atomic E-state index is 0.0464. The maximum atomic E-state index is 13.3. The molecule has 0 saturated carbocycles. The Labute approximate surface area is 241 Å². The number of nitrogens with one attached hydrogen (secondary N) is 1. The minimum Gasteiger partial charge on any atom is -0.493 e. The first-order valence-corrected chi connectivity index (χ1v) is 13.6. The van der Waals surface area contributed by atoms with Crippen LogP contribution in [0.5, 0.6) is 11.5 Å². The molecule has 1 aliphatic carbocycles. The predicted octanol–water partition coefficient (Wildman–Crippen LogP) is 2.09. The largest absolute Gasteiger partial charge is 0.493 e. The fourth-order valence-electron chi connectivity index (χ4n) is 4.28. The Kier molecular flexibility index (Phi) is 11.7. The summed E-state index contributed by atoms with van der Waals surface area (Å²) in [7, 11) is 1.44. The van der Waals surface area contributed by atoms with E-state index in [2.05, 4.69) is 5.32 Å². The second-order valence-electron chi connectivity index (χ2n) is 8.81. The van der Waals surface area contributed by atoms with Crippen molar-refractivity contribution in [3.05, 3.63) is 68.8 Å². The number of carbonyl (C=O) groups excluding carboxylic acids is 3. The molecule has 2 amide bonds. The standard InChI is InChI=1S/C28H33IN2O8/c1-3-38-17-25(34)31(15-18-7-5-4-6-8-18)22-13-20(28(36)30-9-10-32)14-23(26(22)35)39-27-21(29)11-19(16-33)12-24(27)37-2/h4-8,11-12,14,16,22-23,26,32,35H,3,9-10,13,15,17H2,1-2H3,(H,30,36). The average Bonchev–Trinajstić information content (AvgIpc) is 2.95. The zero-order chi connectivity index (χ0) is 28.4. The predicted molar refractivity (Wildman–Crippen MR) is 152 cm³/mol. The van der Waals surface area contributed by atoms with Crippen LogP contribution in [0, 0.1) is 3.57 Å². The van der Waals surface area contributed by atoms with Crippen molar-refractivity contribution in [2.75, 3.05) is 33.5 Å². The lowest BCUT2D eigenvalue weighted by atomic mass is 9.87. The molecule has 10 nitrogen and oxygen atoms in total. The van der Waals surface area contributed by atoms with Crippen molar-refractivity contribution in [1.29, 1.82) is 0 Å². The van der Waals surface area contributed by atoms with Crippen LogP contribution in [-0.4, -0.2) is 84.9 Å². The number of nitrogens with zero attached hydrogens (tertiary/aromatic N) is 1. The number of aliphatic hydroxyl groups is 2. The van der Waals surface area contributed by atoms with Crippen molar-refractivity contribution >= 4 is 40.7 Å². The van der Waals surface area contributed by atoms with Gasteiger partial charge in [-0.1, -0.05) is 30.3 Å². The second-order valence-corrected chi connectivity index (χ2v) is 9.97. The van der Waals surface area contributed by atoms with Crippen molar-refractivity contribution in [2.45, 2.75) is 38.1 Å². The molecule has 3 N–H and O–H groups in total. The molecule has 0 heterocycles. The van der Waals surface area contributed by atoms with E-state index in [4.69, 9.17) is 14.2 Å². The molecule has 0 aliphatic heterocycles. The number of aldehydes is 1. The molecule has 1 aliphatic rings. The molecule has 0 fully saturated rings. The Morgan fingerprint density at radius 3 is 2.62 bits per heavy atom. The molecular weight excluding hydrogens is 619 g/mol. The van der Waals surface area contributed by atoms with Crippen LogP contribution in [0.4, 0.5) is 0 Å². The van der Waals surface area contributed by atoms with E-state index in [0.717, 1.165) is 5.56 Å². The first kappa shape index (κ1) is 30.5. The van der Waals surface area contributed by atoms with E-state index in [1.54, 1.807) is 13.0 Å². The SMILES string of the molecule is CCOCC(=O)N(Cc1ccccc1)C1CC(C(=O)NCCO)=CC(Oc2c(I)cc(C=O)cc2OC)C1O. The highest BCUT2D eigenvalue weighted by atomic mass is 127. The first-order valence-electron chi connectivity index (χ1n) is 12.5. The smallest absolute Gasteiger partial charge is 0.249 e. The third kappa shape index (κ3) is 8.01. The van der Waals surface area contributed by atoms with E-state index in [0.29, 0.717) is 27.6 Å². The van der Waals surface area contributed by atoms with Crippen molar-refractivity contribution in [1.82, 2.24) is 10.2 Å². The van der Waals surface area contributed by atoms with Gasteiger partial charge in [0.05, 0.1) is 23.3 Å². The summed E-state index contributed by atoms with van der Waals surface area (Å²) in [5.74, 6) is -0.214. The maximum Gasteiger partial charge on any atom is 0.249 e. The van der Waals surface area contributed by atoms with Gasteiger partial charge in [-0.25, -0.2) is 0 Å². The highest BCUT2D eigenvalue weighted by Gasteiger charge is 2.41. The molecule has 0 saturated heterocycles. The molecule has 2 aromatic rings. The van der Waals surface area contributed by atoms with Gasteiger partial charge >= 0.3 is 0 Å². The molecule has 39 heavy (non-hydrogen) atoms. The fourth-order valence-corrected chi connectivity index (χ4v) is 5.03. The molecule has 0 bridgehead atoms. The van der Waals surface area contributed by atoms with E-state index in [9.17, 15) is 24.6 Å². The summed E-state index contributed by atoms with van der Waals surface area (Å²) in [6.07, 6.45) is 0.00206. The summed E-state index contributed by atoms with van der Waals surface area (Å²) in [5, 5.41) is 23.4. The van der Waals surface area contributed by atoms with Crippen LogP contribution in [0.15, 0.2) is 54.1 Å². The van der Waals surface area contributed by atoms with Crippen LogP contribution >= 0.6 is 22.6 Å². The van der Waals surface area contributed by atoms with Crippen LogP contribution in [0.1, 0.15) is 29.3 Å². The van der Waals surface area contributed by atoms with Gasteiger partial charge < -0.3 is 34.6 Å². The third-order valence-corrected chi connectivity index (χ3v) is 7.00. The molecule has 0 spiro atoms. The Morgan fingerprint density at radius 1 is 1.23 bits per heavy atom. The highest BCUT2D eigenvalue weighted by molar-refractivity contribution is 14.1. The maximum absolute atomic E-state index is 13.3. The van der Waals surface area contributed by atoms with Crippen LogP contribution in [0.3, 0.4) is 0 Å². The lowest BCUT2D eigenvalue weighted by molar-refractivity contribution is -0.144. The molecule has 2 aromatic carbocycles. The summed E-state index contributed by atoms with van der Waals surface area (Å²) in [6, 6.07) is 11.6. The molecule has 3 atom stereocenters. The number of benzene rings is 2. The number of carbonyl (C=O) groups is 3. The summed E-state index contributed by atoms with van der Waals surface area (Å²) < 4.78 is 17.6. The lowest BCUT2D eigenvalue weighted by Gasteiger charge is -2.40. The number of amides is 2. The topological polar surface area (TPSA) is 135 Å². The summed E-state index contributed by atoms with van der Waals surface area (Å²) in [5.41, 5.74) is 1.53. The molecule has 0 aromatic heterocycles. The Balaban J connectivity index is 2.02. The molecule has 0 radical (unpaired) electrons. The van der Waals surface area contributed by atoms with Crippen molar-refractivity contribution < 1.29 is 38.8 Å². The molecule has 3 unspecified atom stereocenters. The van der Waals surface area contributed by atoms with Gasteiger partial charge in [-0.15, -0.1) is 0 Å². The summed E-state index contributed by atoms with van der Waals surface area (Å²) in [4.78, 5) is 39.2. The minimum atomic E-state index is -1.22. The zero-order valence-corrected chi connectivity index (χ0v) is 24.0. The Hall–Kier alpha value is -3.00. The van der Waals surface area contributed by atoms with E-state index in [-0.39, 0.29) is 50.1 Å². The van der Waals surface area contributed by atoms with Gasteiger partial charge in [0.2, 0.25) is 11.8 Å². The number of rotatable bonds is 13. The van der Waals surface area contributed by atoms with Gasteiger partial charge in [0.15, 0.2) is 11.5 Å². The number of hydrogen-bond acceptors (Lipinski definition) is 8. The first-order chi connectivity index (χ1) is 18.8. The Morgan fingerprint density at radius 2 is 1.97 bits per heavy atom. The average molecular weight is 652 g/mol. The van der Waals surface area contributed by atoms with Gasteiger partial charge in [0.1, 0.15) is 25.1 Å². The van der Waals surface area contributed by atoms with E-state index < -0.39 is 24.2 Å². The van der Waals surface area contributed by atoms with Crippen LogP contribution in [0.25, 0.3) is 0 Å². The van der Waals surface area contributed by atoms with Crippen molar-refractivity contribution in [2.24, 2.45) is 0 Å². The van der Waals surface area contributed by atoms with Gasteiger partial charge in [-0.2, -0.15) is 0 Å². The van der Waals surface area contributed by atoms with E-state index in [1.165, 1.54) is 24.2 Å². The van der Waals surface area contributed by atoms with E-state index >= 15 is 0 Å². The van der Waals surface area contributed by atoms with Gasteiger partial charge in [-0.05, 0) is 53.3 Å².